The molecule has 1 aliphatic rings. The third-order valence-corrected chi connectivity index (χ3v) is 5.90. The average Bonchev–Trinajstić information content (AvgIpc) is 2.75. The summed E-state index contributed by atoms with van der Waals surface area (Å²) in [7, 11) is 1.68. The number of nitrogens with one attached hydrogen (secondary N) is 1. The number of likely N-dealkylation sites (tertiary alicyclic amines) is 1. The number of piperidine rings is 1. The van der Waals surface area contributed by atoms with E-state index in [4.69, 9.17) is 4.74 Å². The lowest BCUT2D eigenvalue weighted by molar-refractivity contribution is -0.122. The van der Waals surface area contributed by atoms with Gasteiger partial charge in [0.25, 0.3) is 0 Å². The summed E-state index contributed by atoms with van der Waals surface area (Å²) in [6.07, 6.45) is 2.36. The summed E-state index contributed by atoms with van der Waals surface area (Å²) in [6, 6.07) is 14.1. The number of ketones is 1. The van der Waals surface area contributed by atoms with Crippen LogP contribution in [0.1, 0.15) is 52.7 Å². The highest BCUT2D eigenvalue weighted by Gasteiger charge is 2.21. The van der Waals surface area contributed by atoms with Gasteiger partial charge in [-0.2, -0.15) is 0 Å². The van der Waals surface area contributed by atoms with Gasteiger partial charge in [0, 0.05) is 44.1 Å². The second-order valence-corrected chi connectivity index (χ2v) is 8.19. The molecule has 1 aliphatic heterocycles. The molecule has 0 bridgehead atoms. The molecule has 5 nitrogen and oxygen atoms in total. The lowest BCUT2D eigenvalue weighted by Gasteiger charge is -2.32. The predicted molar refractivity (Wildman–Crippen MR) is 119 cm³/mol. The highest BCUT2D eigenvalue weighted by molar-refractivity contribution is 5.98. The summed E-state index contributed by atoms with van der Waals surface area (Å²) < 4.78 is 5.29. The Morgan fingerprint density at radius 2 is 1.80 bits per heavy atom. The molecule has 0 aromatic heterocycles. The van der Waals surface area contributed by atoms with Crippen molar-refractivity contribution in [2.75, 3.05) is 20.2 Å². The largest absolute Gasteiger partial charge is 0.497 e. The van der Waals surface area contributed by atoms with E-state index in [9.17, 15) is 9.59 Å². The highest BCUT2D eigenvalue weighted by Crippen LogP contribution is 2.18. The van der Waals surface area contributed by atoms with Crippen LogP contribution in [0, 0.1) is 13.8 Å². The summed E-state index contributed by atoms with van der Waals surface area (Å²) in [5.74, 6) is 0.879. The Bertz CT molecular complexity index is 886. The topological polar surface area (TPSA) is 58.6 Å². The quantitative estimate of drug-likeness (QED) is 0.670. The maximum absolute atomic E-state index is 12.4. The van der Waals surface area contributed by atoms with Crippen LogP contribution in [0.3, 0.4) is 0 Å². The number of carbonyl (C=O) groups excluding carboxylic acids is 2. The van der Waals surface area contributed by atoms with Crippen LogP contribution in [0.5, 0.6) is 5.75 Å². The fourth-order valence-corrected chi connectivity index (χ4v) is 3.85. The number of hydrogen-bond donors (Lipinski definition) is 1. The SMILES string of the molecule is COc1cccc(CN2CCC(NC(=O)CCC(=O)c3ccc(C)c(C)c3)CC2)c1. The number of rotatable bonds is 8. The van der Waals surface area contributed by atoms with Gasteiger partial charge in [0.2, 0.25) is 5.91 Å². The smallest absolute Gasteiger partial charge is 0.220 e. The van der Waals surface area contributed by atoms with Gasteiger partial charge in [-0.3, -0.25) is 14.5 Å². The van der Waals surface area contributed by atoms with Crippen LogP contribution in [-0.4, -0.2) is 42.8 Å². The molecule has 2 aromatic carbocycles. The van der Waals surface area contributed by atoms with Gasteiger partial charge >= 0.3 is 0 Å². The maximum atomic E-state index is 12.4. The van der Waals surface area contributed by atoms with E-state index in [1.54, 1.807) is 7.11 Å². The van der Waals surface area contributed by atoms with Crippen molar-refractivity contribution < 1.29 is 14.3 Å². The van der Waals surface area contributed by atoms with E-state index in [1.807, 2.05) is 44.2 Å². The lowest BCUT2D eigenvalue weighted by Crippen LogP contribution is -2.44. The first-order valence-electron chi connectivity index (χ1n) is 10.7. The van der Waals surface area contributed by atoms with Crippen LogP contribution >= 0.6 is 0 Å². The first-order chi connectivity index (χ1) is 14.4. The molecule has 1 fully saturated rings. The molecule has 0 aliphatic carbocycles. The maximum Gasteiger partial charge on any atom is 0.220 e. The fourth-order valence-electron chi connectivity index (χ4n) is 3.85. The molecule has 1 N–H and O–H groups in total. The van der Waals surface area contributed by atoms with Crippen molar-refractivity contribution in [3.05, 3.63) is 64.7 Å². The summed E-state index contributed by atoms with van der Waals surface area (Å²) in [4.78, 5) is 27.1. The van der Waals surface area contributed by atoms with Gasteiger partial charge in [0.15, 0.2) is 5.78 Å². The number of amides is 1. The zero-order valence-electron chi connectivity index (χ0n) is 18.2. The molecule has 0 atom stereocenters. The Hall–Kier alpha value is -2.66. The zero-order chi connectivity index (χ0) is 21.5. The van der Waals surface area contributed by atoms with E-state index in [0.717, 1.165) is 43.8 Å². The molecule has 1 saturated heterocycles. The van der Waals surface area contributed by atoms with Crippen molar-refractivity contribution in [3.8, 4) is 5.75 Å². The first kappa shape index (κ1) is 22.0. The van der Waals surface area contributed by atoms with Gasteiger partial charge in [-0.15, -0.1) is 0 Å². The van der Waals surface area contributed by atoms with Crippen LogP contribution < -0.4 is 10.1 Å². The molecular formula is C25H32N2O3. The highest BCUT2D eigenvalue weighted by atomic mass is 16.5. The van der Waals surface area contributed by atoms with Gasteiger partial charge in [0.05, 0.1) is 7.11 Å². The monoisotopic (exact) mass is 408 g/mol. The van der Waals surface area contributed by atoms with Crippen molar-refractivity contribution in [3.63, 3.8) is 0 Å². The Labute approximate surface area is 179 Å². The zero-order valence-corrected chi connectivity index (χ0v) is 18.2. The van der Waals surface area contributed by atoms with Gasteiger partial charge in [0.1, 0.15) is 5.75 Å². The third-order valence-electron chi connectivity index (χ3n) is 5.90. The number of aryl methyl sites for hydroxylation is 2. The molecule has 0 radical (unpaired) electrons. The van der Waals surface area contributed by atoms with E-state index in [-0.39, 0.29) is 30.6 Å². The Morgan fingerprint density at radius 1 is 1.03 bits per heavy atom. The van der Waals surface area contributed by atoms with E-state index in [0.29, 0.717) is 5.56 Å². The minimum Gasteiger partial charge on any atom is -0.497 e. The molecule has 1 heterocycles. The van der Waals surface area contributed by atoms with Gasteiger partial charge in [-0.1, -0.05) is 24.3 Å². The summed E-state index contributed by atoms with van der Waals surface area (Å²) >= 11 is 0. The Morgan fingerprint density at radius 3 is 2.50 bits per heavy atom. The second kappa shape index (κ2) is 10.4. The van der Waals surface area contributed by atoms with Crippen LogP contribution in [0.25, 0.3) is 0 Å². The molecule has 0 spiro atoms. The third kappa shape index (κ3) is 6.17. The number of nitrogens with zero attached hydrogens (tertiary/aromatic N) is 1. The van der Waals surface area contributed by atoms with Crippen LogP contribution in [0.15, 0.2) is 42.5 Å². The van der Waals surface area contributed by atoms with E-state index >= 15 is 0 Å². The number of Topliss-reactive ketones (excluding diaryl/α,β-unsaturated/α-hetero) is 1. The normalized spacial score (nSPS) is 15.0. The second-order valence-electron chi connectivity index (χ2n) is 8.19. The number of carbonyl (C=O) groups is 2. The summed E-state index contributed by atoms with van der Waals surface area (Å²) in [5.41, 5.74) is 4.20. The van der Waals surface area contributed by atoms with E-state index in [1.165, 1.54) is 11.1 Å². The fraction of sp³-hybridized carbons (Fsp3) is 0.440. The first-order valence-corrected chi connectivity index (χ1v) is 10.7. The molecular weight excluding hydrogens is 376 g/mol. The Kier molecular flexibility index (Phi) is 7.63. The molecule has 5 heteroatoms. The van der Waals surface area contributed by atoms with E-state index < -0.39 is 0 Å². The van der Waals surface area contributed by atoms with Crippen LogP contribution in [0.4, 0.5) is 0 Å². The number of benzene rings is 2. The summed E-state index contributed by atoms with van der Waals surface area (Å²) in [5, 5.41) is 3.11. The molecule has 160 valence electrons. The van der Waals surface area contributed by atoms with Gasteiger partial charge in [-0.05, 0) is 61.6 Å². The van der Waals surface area contributed by atoms with Crippen molar-refractivity contribution in [2.45, 2.75) is 52.1 Å². The minimum atomic E-state index is -0.0292. The summed E-state index contributed by atoms with van der Waals surface area (Å²) in [6.45, 7) is 6.81. The van der Waals surface area contributed by atoms with E-state index in [2.05, 4.69) is 22.3 Å². The van der Waals surface area contributed by atoms with Crippen molar-refractivity contribution in [2.24, 2.45) is 0 Å². The molecule has 0 unspecified atom stereocenters. The van der Waals surface area contributed by atoms with Crippen LogP contribution in [0.2, 0.25) is 0 Å². The average molecular weight is 409 g/mol. The van der Waals surface area contributed by atoms with Crippen molar-refractivity contribution >= 4 is 11.7 Å². The van der Waals surface area contributed by atoms with Crippen molar-refractivity contribution in [1.29, 1.82) is 0 Å². The van der Waals surface area contributed by atoms with Gasteiger partial charge in [-0.25, -0.2) is 0 Å². The van der Waals surface area contributed by atoms with Gasteiger partial charge < -0.3 is 10.1 Å². The Balaban J connectivity index is 1.39. The predicted octanol–water partition coefficient (Wildman–Crippen LogP) is 4.06. The van der Waals surface area contributed by atoms with Crippen molar-refractivity contribution in [1.82, 2.24) is 10.2 Å². The molecule has 2 aromatic rings. The molecule has 1 amide bonds. The molecule has 30 heavy (non-hydrogen) atoms. The lowest BCUT2D eigenvalue weighted by atomic mass is 10.0. The minimum absolute atomic E-state index is 0.0290. The molecule has 0 saturated carbocycles. The molecule has 3 rings (SSSR count). The van der Waals surface area contributed by atoms with Crippen LogP contribution in [-0.2, 0) is 11.3 Å². The standard InChI is InChI=1S/C25H32N2O3/c1-18-7-8-21(15-19(18)2)24(28)9-10-25(29)26-22-11-13-27(14-12-22)17-20-5-4-6-23(16-20)30-3/h4-8,15-16,22H,9-14,17H2,1-3H3,(H,26,29). The number of ether oxygens (including phenoxy) is 1. The number of methoxy groups -OCH3 is 1. The number of hydrogen-bond acceptors (Lipinski definition) is 4.